The van der Waals surface area contributed by atoms with Gasteiger partial charge in [0, 0.05) is 12.2 Å². The maximum atomic E-state index is 12.7. The zero-order valence-corrected chi connectivity index (χ0v) is 17.3. The molecule has 1 saturated heterocycles. The van der Waals surface area contributed by atoms with Gasteiger partial charge in [0.2, 0.25) is 0 Å². The number of anilines is 1. The minimum atomic E-state index is 0.0299. The second-order valence-corrected chi connectivity index (χ2v) is 9.79. The molecule has 0 unspecified atom stereocenters. The van der Waals surface area contributed by atoms with E-state index in [0.717, 1.165) is 30.8 Å². The van der Waals surface area contributed by atoms with Crippen LogP contribution in [0, 0.1) is 6.92 Å². The van der Waals surface area contributed by atoms with Crippen LogP contribution in [0.25, 0.3) is 0 Å². The Balaban J connectivity index is 1.37. The van der Waals surface area contributed by atoms with Crippen LogP contribution >= 0.6 is 23.5 Å². The summed E-state index contributed by atoms with van der Waals surface area (Å²) in [6.07, 6.45) is 3.35. The number of amides is 1. The van der Waals surface area contributed by atoms with Crippen molar-refractivity contribution in [1.29, 1.82) is 0 Å². The van der Waals surface area contributed by atoms with Crippen LogP contribution in [0.4, 0.5) is 5.69 Å². The number of aryl methyl sites for hydroxylation is 2. The van der Waals surface area contributed by atoms with Crippen LogP contribution in [0.15, 0.2) is 42.5 Å². The van der Waals surface area contributed by atoms with Crippen molar-refractivity contribution in [3.63, 3.8) is 0 Å². The van der Waals surface area contributed by atoms with Crippen molar-refractivity contribution in [3.8, 4) is 5.75 Å². The van der Waals surface area contributed by atoms with Gasteiger partial charge in [0.1, 0.15) is 5.75 Å². The van der Waals surface area contributed by atoms with Crippen molar-refractivity contribution < 1.29 is 9.53 Å². The summed E-state index contributed by atoms with van der Waals surface area (Å²) in [4.78, 5) is 14.6. The molecule has 4 rings (SSSR count). The van der Waals surface area contributed by atoms with E-state index < -0.39 is 0 Å². The van der Waals surface area contributed by atoms with Crippen LogP contribution in [0.5, 0.6) is 5.75 Å². The average Bonchev–Trinajstić information content (AvgIpc) is 2.72. The van der Waals surface area contributed by atoms with Gasteiger partial charge in [-0.3, -0.25) is 4.79 Å². The molecule has 2 aliphatic rings. The molecule has 0 aliphatic carbocycles. The monoisotopic (exact) mass is 399 g/mol. The van der Waals surface area contributed by atoms with Gasteiger partial charge in [0.25, 0.3) is 5.91 Å². The van der Waals surface area contributed by atoms with Gasteiger partial charge in [-0.1, -0.05) is 29.8 Å². The first kappa shape index (κ1) is 18.8. The first-order valence-corrected chi connectivity index (χ1v) is 11.7. The number of hydrogen-bond acceptors (Lipinski definition) is 4. The Hall–Kier alpha value is -1.59. The Labute approximate surface area is 169 Å². The molecule has 2 aromatic carbocycles. The fraction of sp³-hybridized carbons (Fsp3) is 0.409. The lowest BCUT2D eigenvalue weighted by Crippen LogP contribution is -2.38. The fourth-order valence-corrected chi connectivity index (χ4v) is 6.50. The van der Waals surface area contributed by atoms with E-state index in [2.05, 4.69) is 37.3 Å². The number of carbonyl (C=O) groups is 1. The van der Waals surface area contributed by atoms with E-state index in [1.807, 2.05) is 40.6 Å². The zero-order chi connectivity index (χ0) is 18.6. The summed E-state index contributed by atoms with van der Waals surface area (Å²) in [6, 6.07) is 14.6. The zero-order valence-electron chi connectivity index (χ0n) is 15.6. The topological polar surface area (TPSA) is 29.5 Å². The van der Waals surface area contributed by atoms with Crippen molar-refractivity contribution in [2.75, 3.05) is 29.6 Å². The Morgan fingerprint density at radius 3 is 2.67 bits per heavy atom. The highest BCUT2D eigenvalue weighted by molar-refractivity contribution is 8.16. The lowest BCUT2D eigenvalue weighted by molar-refractivity contribution is -0.120. The third kappa shape index (κ3) is 4.46. The SMILES string of the molecule is Cc1ccc2c(c1)CCCN2C(=O)COc1ccc(C2SCCCS2)cc1. The minimum absolute atomic E-state index is 0.0299. The van der Waals surface area contributed by atoms with Gasteiger partial charge >= 0.3 is 0 Å². The molecule has 0 spiro atoms. The van der Waals surface area contributed by atoms with E-state index in [1.54, 1.807) is 0 Å². The molecule has 1 fully saturated rings. The molecule has 0 bridgehead atoms. The summed E-state index contributed by atoms with van der Waals surface area (Å²) in [7, 11) is 0. The lowest BCUT2D eigenvalue weighted by atomic mass is 9.99. The largest absolute Gasteiger partial charge is 0.484 e. The highest BCUT2D eigenvalue weighted by Crippen LogP contribution is 2.43. The summed E-state index contributed by atoms with van der Waals surface area (Å²) < 4.78 is 6.33. The molecule has 0 aromatic heterocycles. The Morgan fingerprint density at radius 2 is 1.89 bits per heavy atom. The van der Waals surface area contributed by atoms with E-state index in [4.69, 9.17) is 4.74 Å². The van der Waals surface area contributed by atoms with Crippen molar-refractivity contribution in [2.45, 2.75) is 30.8 Å². The molecule has 0 atom stereocenters. The van der Waals surface area contributed by atoms with Crippen molar-refractivity contribution in [2.24, 2.45) is 0 Å². The average molecular weight is 400 g/mol. The standard InChI is InChI=1S/C22H25NO2S2/c1-16-5-10-20-18(14-16)4-2-11-23(20)21(24)15-25-19-8-6-17(7-9-19)22-26-12-3-13-27-22/h5-10,14,22H,2-4,11-13,15H2,1H3. The molecule has 3 nitrogen and oxygen atoms in total. The molecule has 2 aromatic rings. The van der Waals surface area contributed by atoms with E-state index in [-0.39, 0.29) is 12.5 Å². The Bertz CT molecular complexity index is 800. The number of ether oxygens (including phenoxy) is 1. The van der Waals surface area contributed by atoms with E-state index >= 15 is 0 Å². The summed E-state index contributed by atoms with van der Waals surface area (Å²) in [6.45, 7) is 2.95. The number of rotatable bonds is 4. The van der Waals surface area contributed by atoms with E-state index in [9.17, 15) is 4.79 Å². The number of fused-ring (bicyclic) bond motifs is 1. The number of thioether (sulfide) groups is 2. The van der Waals surface area contributed by atoms with Crippen molar-refractivity contribution >= 4 is 35.1 Å². The summed E-state index contributed by atoms with van der Waals surface area (Å²) in [5.74, 6) is 3.27. The summed E-state index contributed by atoms with van der Waals surface area (Å²) >= 11 is 4.03. The maximum absolute atomic E-state index is 12.7. The minimum Gasteiger partial charge on any atom is -0.484 e. The van der Waals surface area contributed by atoms with Crippen LogP contribution in [0.1, 0.15) is 34.1 Å². The highest BCUT2D eigenvalue weighted by atomic mass is 32.2. The molecule has 27 heavy (non-hydrogen) atoms. The van der Waals surface area contributed by atoms with Gasteiger partial charge in [0.15, 0.2) is 6.61 Å². The molecule has 0 radical (unpaired) electrons. The third-order valence-electron chi connectivity index (χ3n) is 5.00. The molecular weight excluding hydrogens is 374 g/mol. The van der Waals surface area contributed by atoms with Gasteiger partial charge in [-0.2, -0.15) is 0 Å². The number of carbonyl (C=O) groups excluding carboxylic acids is 1. The molecule has 2 heterocycles. The summed E-state index contributed by atoms with van der Waals surface area (Å²) in [5.41, 5.74) is 4.89. The van der Waals surface area contributed by atoms with Gasteiger partial charge in [-0.05, 0) is 67.0 Å². The smallest absolute Gasteiger partial charge is 0.264 e. The molecule has 2 aliphatic heterocycles. The van der Waals surface area contributed by atoms with E-state index in [1.165, 1.54) is 34.6 Å². The molecule has 1 amide bonds. The first-order valence-electron chi connectivity index (χ1n) is 9.56. The number of hydrogen-bond donors (Lipinski definition) is 0. The van der Waals surface area contributed by atoms with E-state index in [0.29, 0.717) is 4.58 Å². The van der Waals surface area contributed by atoms with Crippen LogP contribution < -0.4 is 9.64 Å². The Kier molecular flexibility index (Phi) is 5.98. The molecule has 5 heteroatoms. The van der Waals surface area contributed by atoms with Crippen LogP contribution in [0.3, 0.4) is 0 Å². The quantitative estimate of drug-likeness (QED) is 0.705. The normalized spacial score (nSPS) is 17.4. The number of nitrogens with zero attached hydrogens (tertiary/aromatic N) is 1. The van der Waals surface area contributed by atoms with Gasteiger partial charge in [-0.25, -0.2) is 0 Å². The highest BCUT2D eigenvalue weighted by Gasteiger charge is 2.23. The van der Waals surface area contributed by atoms with Crippen LogP contribution in [0.2, 0.25) is 0 Å². The molecular formula is C22H25NO2S2. The predicted molar refractivity (Wildman–Crippen MR) is 116 cm³/mol. The maximum Gasteiger partial charge on any atom is 0.264 e. The third-order valence-corrected chi connectivity index (χ3v) is 8.01. The van der Waals surface area contributed by atoms with Crippen molar-refractivity contribution in [1.82, 2.24) is 0 Å². The number of benzene rings is 2. The van der Waals surface area contributed by atoms with Gasteiger partial charge in [-0.15, -0.1) is 23.5 Å². The first-order chi connectivity index (χ1) is 13.2. The summed E-state index contributed by atoms with van der Waals surface area (Å²) in [5, 5.41) is 0. The van der Waals surface area contributed by atoms with Crippen LogP contribution in [-0.4, -0.2) is 30.6 Å². The van der Waals surface area contributed by atoms with Gasteiger partial charge < -0.3 is 9.64 Å². The van der Waals surface area contributed by atoms with Crippen LogP contribution in [-0.2, 0) is 11.2 Å². The molecule has 0 N–H and O–H groups in total. The lowest BCUT2D eigenvalue weighted by Gasteiger charge is -2.29. The Morgan fingerprint density at radius 1 is 1.11 bits per heavy atom. The molecule has 142 valence electrons. The van der Waals surface area contributed by atoms with Gasteiger partial charge in [0.05, 0.1) is 4.58 Å². The second-order valence-electron chi connectivity index (χ2n) is 7.07. The fourth-order valence-electron chi connectivity index (χ4n) is 3.61. The predicted octanol–water partition coefficient (Wildman–Crippen LogP) is 5.22. The van der Waals surface area contributed by atoms with Crippen molar-refractivity contribution in [3.05, 3.63) is 59.2 Å². The molecule has 0 saturated carbocycles. The second kappa shape index (κ2) is 8.61.